The van der Waals surface area contributed by atoms with Crippen molar-refractivity contribution < 1.29 is 23.8 Å². The molecule has 14 unspecified atom stereocenters. The third kappa shape index (κ3) is 0.612. The molecular formula is C22H16O5. The van der Waals surface area contributed by atoms with E-state index in [0.717, 1.165) is 0 Å². The van der Waals surface area contributed by atoms with Gasteiger partial charge in [0.05, 0.1) is 11.8 Å². The van der Waals surface area contributed by atoms with Gasteiger partial charge in [-0.3, -0.25) is 9.59 Å². The predicted octanol–water partition coefficient (Wildman–Crippen LogP) is 0.391. The van der Waals surface area contributed by atoms with E-state index in [2.05, 4.69) is 0 Å². The van der Waals surface area contributed by atoms with Gasteiger partial charge >= 0.3 is 11.9 Å². The molecule has 5 heterocycles. The van der Waals surface area contributed by atoms with Gasteiger partial charge in [-0.15, -0.1) is 0 Å². The Kier molecular flexibility index (Phi) is 1.09. The molecular weight excluding hydrogens is 344 g/mol. The number of carbonyl (C=O) groups excluding carboxylic acids is 2. The lowest BCUT2D eigenvalue weighted by molar-refractivity contribution is -0.157. The fourth-order valence-corrected chi connectivity index (χ4v) is 13.8. The molecule has 5 aliphatic heterocycles. The molecule has 4 bridgehead atoms. The second kappa shape index (κ2) is 2.54. The van der Waals surface area contributed by atoms with Gasteiger partial charge in [0, 0.05) is 35.5 Å². The molecule has 0 N–H and O–H groups in total. The molecule has 134 valence electrons. The van der Waals surface area contributed by atoms with Gasteiger partial charge < -0.3 is 14.2 Å². The van der Waals surface area contributed by atoms with E-state index in [1.165, 1.54) is 0 Å². The topological polar surface area (TPSA) is 65.1 Å². The molecule has 2 spiro atoms. The minimum Gasteiger partial charge on any atom is -0.461 e. The number of fused-ring (bicyclic) bond motifs is 2. The van der Waals surface area contributed by atoms with E-state index < -0.39 is 0 Å². The van der Waals surface area contributed by atoms with E-state index in [0.29, 0.717) is 71.0 Å². The summed E-state index contributed by atoms with van der Waals surface area (Å²) in [5, 5.41) is 0. The van der Waals surface area contributed by atoms with Crippen LogP contribution in [-0.2, 0) is 23.8 Å². The molecule has 0 aromatic rings. The van der Waals surface area contributed by atoms with Crippen LogP contribution in [0.3, 0.4) is 0 Å². The van der Waals surface area contributed by atoms with E-state index in [9.17, 15) is 9.59 Å². The molecule has 0 aromatic carbocycles. The molecule has 0 radical (unpaired) electrons. The van der Waals surface area contributed by atoms with Crippen LogP contribution in [0, 0.1) is 82.9 Å². The third-order valence-electron chi connectivity index (χ3n) is 12.9. The first kappa shape index (κ1) is 11.6. The maximum absolute atomic E-state index is 13.4. The number of ether oxygens (including phenoxy) is 3. The van der Waals surface area contributed by atoms with Gasteiger partial charge in [0.1, 0.15) is 23.4 Å². The molecule has 0 aromatic heterocycles. The first-order valence-corrected chi connectivity index (χ1v) is 11.1. The van der Waals surface area contributed by atoms with E-state index >= 15 is 0 Å². The summed E-state index contributed by atoms with van der Waals surface area (Å²) in [4.78, 5) is 26.7. The fraction of sp³-hybridized carbons (Fsp3) is 0.818. The van der Waals surface area contributed by atoms with Gasteiger partial charge in [-0.2, -0.15) is 0 Å². The Morgan fingerprint density at radius 1 is 0.556 bits per heavy atom. The van der Waals surface area contributed by atoms with Crippen molar-refractivity contribution in [3.63, 3.8) is 0 Å². The maximum atomic E-state index is 13.4. The van der Waals surface area contributed by atoms with Gasteiger partial charge in [-0.25, -0.2) is 0 Å². The van der Waals surface area contributed by atoms with Crippen molar-refractivity contribution in [1.29, 1.82) is 0 Å². The average molecular weight is 360 g/mol. The molecule has 11 fully saturated rings. The molecule has 8 aliphatic carbocycles. The fourth-order valence-electron chi connectivity index (χ4n) is 13.8. The van der Waals surface area contributed by atoms with Crippen LogP contribution in [0.4, 0.5) is 0 Å². The standard InChI is InChI=1S/C22H16O5/c23-19-11-4-1-2-5-3(4)9-13(11)21-15-10-6(7(1)17(15)25-19)8(2)18-16(10)22(21,27-21)14(9)12(5)20(24)26-18/h3-18H. The Labute approximate surface area is 153 Å². The number of hydrogen-bond donors (Lipinski definition) is 0. The Bertz CT molecular complexity index is 1030. The largest absolute Gasteiger partial charge is 0.461 e. The van der Waals surface area contributed by atoms with Crippen LogP contribution in [0.5, 0.6) is 0 Å². The molecule has 0 amide bonds. The van der Waals surface area contributed by atoms with Gasteiger partial charge in [-0.05, 0) is 35.5 Å². The van der Waals surface area contributed by atoms with Crippen molar-refractivity contribution in [3.05, 3.63) is 11.1 Å². The summed E-state index contributed by atoms with van der Waals surface area (Å²) >= 11 is 0. The molecule has 27 heavy (non-hydrogen) atoms. The molecule has 13 aliphatic rings. The molecule has 14 atom stereocenters. The highest BCUT2D eigenvalue weighted by Crippen LogP contribution is 2.98. The van der Waals surface area contributed by atoms with Crippen molar-refractivity contribution >= 4 is 11.9 Å². The summed E-state index contributed by atoms with van der Waals surface area (Å²) in [6.07, 6.45) is 0.132. The third-order valence-corrected chi connectivity index (χ3v) is 12.9. The minimum absolute atomic E-state index is 0.0317. The monoisotopic (exact) mass is 360 g/mol. The molecule has 5 saturated heterocycles. The summed E-state index contributed by atoms with van der Waals surface area (Å²) in [6.45, 7) is 0. The van der Waals surface area contributed by atoms with Crippen LogP contribution in [-0.4, -0.2) is 35.3 Å². The van der Waals surface area contributed by atoms with Gasteiger partial charge in [0.15, 0.2) is 0 Å². The van der Waals surface area contributed by atoms with Crippen molar-refractivity contribution in [3.8, 4) is 0 Å². The Hall–Kier alpha value is -1.36. The zero-order valence-electron chi connectivity index (χ0n) is 14.3. The lowest BCUT2D eigenvalue weighted by atomic mass is 9.67. The zero-order chi connectivity index (χ0) is 16.7. The lowest BCUT2D eigenvalue weighted by Gasteiger charge is -2.34. The van der Waals surface area contributed by atoms with Crippen molar-refractivity contribution in [2.75, 3.05) is 0 Å². The number of rotatable bonds is 0. The van der Waals surface area contributed by atoms with Crippen molar-refractivity contribution in [1.82, 2.24) is 0 Å². The van der Waals surface area contributed by atoms with Crippen LogP contribution in [0.2, 0.25) is 0 Å². The first-order valence-electron chi connectivity index (χ1n) is 11.1. The van der Waals surface area contributed by atoms with E-state index in [1.807, 2.05) is 0 Å². The van der Waals surface area contributed by atoms with Crippen LogP contribution >= 0.6 is 0 Å². The summed E-state index contributed by atoms with van der Waals surface area (Å²) in [5.74, 6) is 5.48. The van der Waals surface area contributed by atoms with E-state index in [4.69, 9.17) is 14.2 Å². The summed E-state index contributed by atoms with van der Waals surface area (Å²) in [7, 11) is 0. The second-order valence-corrected chi connectivity index (χ2v) is 12.0. The Morgan fingerprint density at radius 3 is 1.59 bits per heavy atom. The van der Waals surface area contributed by atoms with Crippen molar-refractivity contribution in [2.24, 2.45) is 82.9 Å². The molecule has 5 nitrogen and oxygen atoms in total. The summed E-state index contributed by atoms with van der Waals surface area (Å²) < 4.78 is 19.7. The second-order valence-electron chi connectivity index (χ2n) is 12.0. The van der Waals surface area contributed by atoms with Crippen molar-refractivity contribution in [2.45, 2.75) is 23.4 Å². The quantitative estimate of drug-likeness (QED) is 0.355. The highest BCUT2D eigenvalue weighted by atomic mass is 16.7. The van der Waals surface area contributed by atoms with E-state index in [-0.39, 0.29) is 47.2 Å². The highest BCUT2D eigenvalue weighted by Gasteiger charge is 3.06. The highest BCUT2D eigenvalue weighted by molar-refractivity contribution is 5.84. The average Bonchev–Trinajstić information content (AvgIpc) is 3.17. The molecule has 13 rings (SSSR count). The lowest BCUT2D eigenvalue weighted by Crippen LogP contribution is -2.43. The van der Waals surface area contributed by atoms with Crippen LogP contribution in [0.25, 0.3) is 0 Å². The van der Waals surface area contributed by atoms with Crippen LogP contribution < -0.4 is 0 Å². The minimum atomic E-state index is -0.139. The van der Waals surface area contributed by atoms with Gasteiger partial charge in [0.2, 0.25) is 0 Å². The number of carbonyl (C=O) groups is 2. The SMILES string of the molecule is O=C1OC2C3C4=C5C6C7OC(=O)C8C5C5C4C1C1C5C8C45OC14C2C(C36)C75. The maximum Gasteiger partial charge on any atom is 0.310 e. The van der Waals surface area contributed by atoms with Gasteiger partial charge in [0.25, 0.3) is 0 Å². The molecule has 5 heteroatoms. The number of hydrogen-bond acceptors (Lipinski definition) is 5. The van der Waals surface area contributed by atoms with Crippen LogP contribution in [0.15, 0.2) is 11.1 Å². The summed E-state index contributed by atoms with van der Waals surface area (Å²) in [6, 6.07) is 0. The smallest absolute Gasteiger partial charge is 0.310 e. The first-order chi connectivity index (χ1) is 13.2. The summed E-state index contributed by atoms with van der Waals surface area (Å²) in [5.41, 5.74) is 2.99. The number of esters is 2. The zero-order valence-corrected chi connectivity index (χ0v) is 14.3. The Balaban J connectivity index is 1.42. The number of epoxide rings is 1. The predicted molar refractivity (Wildman–Crippen MR) is 82.2 cm³/mol. The molecule has 6 saturated carbocycles. The van der Waals surface area contributed by atoms with Gasteiger partial charge in [-0.1, -0.05) is 11.1 Å². The normalized spacial score (nSPS) is 85.8. The Morgan fingerprint density at radius 2 is 1.04 bits per heavy atom. The van der Waals surface area contributed by atoms with E-state index in [1.54, 1.807) is 11.1 Å². The van der Waals surface area contributed by atoms with Crippen LogP contribution in [0.1, 0.15) is 0 Å².